The lowest BCUT2D eigenvalue weighted by atomic mass is 9.67. The molecule has 0 aliphatic heterocycles. The second-order valence-corrected chi connectivity index (χ2v) is 18.3. The number of fused-ring (bicyclic) bond motifs is 9. The molecular formula is C67H44N2O. The van der Waals surface area contributed by atoms with Crippen molar-refractivity contribution in [3.63, 3.8) is 0 Å². The molecule has 0 fully saturated rings. The van der Waals surface area contributed by atoms with Crippen molar-refractivity contribution in [3.8, 4) is 39.1 Å². The van der Waals surface area contributed by atoms with Crippen LogP contribution >= 0.6 is 0 Å². The van der Waals surface area contributed by atoms with Gasteiger partial charge in [-0.1, -0.05) is 206 Å². The number of benzene rings is 11. The Bertz CT molecular complexity index is 4070. The Morgan fingerprint density at radius 2 is 0.914 bits per heavy atom. The van der Waals surface area contributed by atoms with Gasteiger partial charge in [0.1, 0.15) is 11.1 Å². The highest BCUT2D eigenvalue weighted by molar-refractivity contribution is 6.19. The first-order chi connectivity index (χ1) is 34.8. The fourth-order valence-corrected chi connectivity index (χ4v) is 11.7. The summed E-state index contributed by atoms with van der Waals surface area (Å²) in [6.45, 7) is 0. The van der Waals surface area contributed by atoms with Crippen LogP contribution in [0.1, 0.15) is 22.3 Å². The molecule has 0 unspecified atom stereocenters. The third-order valence-electron chi connectivity index (χ3n) is 14.7. The van der Waals surface area contributed by atoms with Crippen molar-refractivity contribution in [2.45, 2.75) is 5.41 Å². The maximum Gasteiger partial charge on any atom is 0.161 e. The number of aromatic nitrogens is 1. The number of rotatable bonds is 8. The molecule has 11 aromatic carbocycles. The van der Waals surface area contributed by atoms with Gasteiger partial charge in [0.25, 0.3) is 0 Å². The van der Waals surface area contributed by atoms with Gasteiger partial charge >= 0.3 is 0 Å². The van der Waals surface area contributed by atoms with Gasteiger partial charge in [-0.05, 0) is 116 Å². The van der Waals surface area contributed by atoms with E-state index >= 15 is 0 Å². The summed E-state index contributed by atoms with van der Waals surface area (Å²) in [5, 5.41) is 4.62. The summed E-state index contributed by atoms with van der Waals surface area (Å²) < 4.78 is 9.53. The lowest BCUT2D eigenvalue weighted by Crippen LogP contribution is -2.28. The zero-order valence-corrected chi connectivity index (χ0v) is 38.2. The number of hydrogen-bond acceptors (Lipinski definition) is 2. The Hall–Kier alpha value is -9.18. The predicted molar refractivity (Wildman–Crippen MR) is 291 cm³/mol. The van der Waals surface area contributed by atoms with Crippen LogP contribution in [-0.4, -0.2) is 4.57 Å². The van der Waals surface area contributed by atoms with Gasteiger partial charge in [-0.15, -0.1) is 0 Å². The second-order valence-electron chi connectivity index (χ2n) is 18.3. The normalized spacial score (nSPS) is 12.7. The van der Waals surface area contributed by atoms with Gasteiger partial charge in [-0.3, -0.25) is 0 Å². The SMILES string of the molecule is c1ccc(-n2c3ccccc3c3oc4c(-c5ccccc5N(c5ccc(-c6cccc7ccccc67)cc5)c5cccc(C6(c7ccccc7)c7ccccc7-c7ccccc76)c5)cccc4c32)cc1. The molecule has 0 saturated heterocycles. The van der Waals surface area contributed by atoms with Crippen LogP contribution in [0.2, 0.25) is 0 Å². The number of furan rings is 1. The molecule has 0 N–H and O–H groups in total. The molecule has 13 aromatic rings. The highest BCUT2D eigenvalue weighted by Crippen LogP contribution is 2.57. The minimum atomic E-state index is -0.560. The smallest absolute Gasteiger partial charge is 0.161 e. The molecule has 0 amide bonds. The Labute approximate surface area is 406 Å². The molecule has 0 saturated carbocycles. The summed E-state index contributed by atoms with van der Waals surface area (Å²) in [5.74, 6) is 0. The zero-order chi connectivity index (χ0) is 46.2. The van der Waals surface area contributed by atoms with E-state index in [4.69, 9.17) is 4.42 Å². The molecule has 2 heterocycles. The molecule has 3 heteroatoms. The highest BCUT2D eigenvalue weighted by atomic mass is 16.3. The molecule has 0 radical (unpaired) electrons. The van der Waals surface area contributed by atoms with Crippen molar-refractivity contribution in [2.24, 2.45) is 0 Å². The summed E-state index contributed by atoms with van der Waals surface area (Å²) in [6.07, 6.45) is 0. The first kappa shape index (κ1) is 39.9. The van der Waals surface area contributed by atoms with Crippen molar-refractivity contribution >= 4 is 60.8 Å². The Morgan fingerprint density at radius 1 is 0.357 bits per heavy atom. The Kier molecular flexibility index (Phi) is 9.11. The molecule has 1 aliphatic carbocycles. The van der Waals surface area contributed by atoms with Crippen molar-refractivity contribution < 1.29 is 4.42 Å². The molecule has 2 aromatic heterocycles. The van der Waals surface area contributed by atoms with E-state index < -0.39 is 5.41 Å². The summed E-state index contributed by atoms with van der Waals surface area (Å²) in [4.78, 5) is 2.44. The fourth-order valence-electron chi connectivity index (χ4n) is 11.7. The number of nitrogens with zero attached hydrogens (tertiary/aromatic N) is 2. The maximum atomic E-state index is 7.18. The summed E-state index contributed by atoms with van der Waals surface area (Å²) in [7, 11) is 0. The Balaban J connectivity index is 1.01. The van der Waals surface area contributed by atoms with Crippen LogP contribution < -0.4 is 4.90 Å². The summed E-state index contributed by atoms with van der Waals surface area (Å²) in [5.41, 5.74) is 19.6. The third kappa shape index (κ3) is 5.95. The first-order valence-corrected chi connectivity index (χ1v) is 24.1. The first-order valence-electron chi connectivity index (χ1n) is 24.1. The van der Waals surface area contributed by atoms with Crippen molar-refractivity contribution in [1.29, 1.82) is 0 Å². The van der Waals surface area contributed by atoms with Crippen molar-refractivity contribution in [3.05, 3.63) is 289 Å². The van der Waals surface area contributed by atoms with E-state index in [9.17, 15) is 0 Å². The van der Waals surface area contributed by atoms with Gasteiger partial charge < -0.3 is 13.9 Å². The van der Waals surface area contributed by atoms with E-state index in [2.05, 4.69) is 276 Å². The minimum absolute atomic E-state index is 0.560. The van der Waals surface area contributed by atoms with Crippen LogP contribution in [0.25, 0.3) is 82.8 Å². The van der Waals surface area contributed by atoms with Gasteiger partial charge in [-0.2, -0.15) is 0 Å². The molecule has 0 spiro atoms. The lowest BCUT2D eigenvalue weighted by Gasteiger charge is -2.35. The Morgan fingerprint density at radius 3 is 1.70 bits per heavy atom. The average Bonchev–Trinajstić information content (AvgIpc) is 4.08. The molecule has 0 bridgehead atoms. The molecule has 0 atom stereocenters. The topological polar surface area (TPSA) is 21.3 Å². The van der Waals surface area contributed by atoms with Crippen molar-refractivity contribution in [1.82, 2.24) is 4.57 Å². The number of para-hydroxylation sites is 4. The highest BCUT2D eigenvalue weighted by Gasteiger charge is 2.46. The van der Waals surface area contributed by atoms with Gasteiger partial charge in [0.15, 0.2) is 5.58 Å². The molecule has 1 aliphatic rings. The lowest BCUT2D eigenvalue weighted by molar-refractivity contribution is 0.674. The van der Waals surface area contributed by atoms with E-state index in [1.807, 2.05) is 0 Å². The van der Waals surface area contributed by atoms with E-state index in [0.717, 1.165) is 66.8 Å². The predicted octanol–water partition coefficient (Wildman–Crippen LogP) is 17.8. The van der Waals surface area contributed by atoms with E-state index in [-0.39, 0.29) is 0 Å². The fraction of sp³-hybridized carbons (Fsp3) is 0.0149. The number of anilines is 3. The van der Waals surface area contributed by atoms with E-state index in [1.165, 1.54) is 55.3 Å². The van der Waals surface area contributed by atoms with Crippen LogP contribution in [0.5, 0.6) is 0 Å². The monoisotopic (exact) mass is 892 g/mol. The maximum absolute atomic E-state index is 7.18. The number of hydrogen-bond donors (Lipinski definition) is 0. The molecule has 14 rings (SSSR count). The van der Waals surface area contributed by atoms with Crippen LogP contribution in [0.4, 0.5) is 17.1 Å². The molecule has 3 nitrogen and oxygen atoms in total. The van der Waals surface area contributed by atoms with Gasteiger partial charge in [-0.25, -0.2) is 0 Å². The average molecular weight is 893 g/mol. The molecule has 70 heavy (non-hydrogen) atoms. The zero-order valence-electron chi connectivity index (χ0n) is 38.2. The van der Waals surface area contributed by atoms with Crippen LogP contribution in [0.15, 0.2) is 271 Å². The quantitative estimate of drug-likeness (QED) is 0.152. The van der Waals surface area contributed by atoms with E-state index in [0.29, 0.717) is 0 Å². The van der Waals surface area contributed by atoms with Crippen LogP contribution in [0.3, 0.4) is 0 Å². The van der Waals surface area contributed by atoms with Crippen LogP contribution in [-0.2, 0) is 5.41 Å². The summed E-state index contributed by atoms with van der Waals surface area (Å²) in [6, 6.07) is 97.2. The largest absolute Gasteiger partial charge is 0.453 e. The minimum Gasteiger partial charge on any atom is -0.453 e. The van der Waals surface area contributed by atoms with Gasteiger partial charge in [0.2, 0.25) is 0 Å². The second kappa shape index (κ2) is 16.0. The standard InChI is InChI=1S/C67H44N2O/c1-3-22-47(23-4-1)67(60-36-13-9-29-54(60)55-30-10-14-37-61(55)67)48-24-18-27-51(44-48)68(50-42-40-46(41-43-50)53-33-17-21-45-20-7-8-28-52(45)53)62-38-15-11-31-56(62)57-34-19-35-59-64-66(70-65(57)59)58-32-12-16-39-63(58)69(64)49-25-5-2-6-26-49/h1-44H. The third-order valence-corrected chi connectivity index (χ3v) is 14.7. The molecule has 328 valence electrons. The van der Waals surface area contributed by atoms with Crippen LogP contribution in [0, 0.1) is 0 Å². The van der Waals surface area contributed by atoms with Gasteiger partial charge in [0.05, 0.1) is 16.6 Å². The molecular weight excluding hydrogens is 849 g/mol. The van der Waals surface area contributed by atoms with E-state index in [1.54, 1.807) is 0 Å². The van der Waals surface area contributed by atoms with Crippen molar-refractivity contribution in [2.75, 3.05) is 4.90 Å². The summed E-state index contributed by atoms with van der Waals surface area (Å²) >= 11 is 0. The van der Waals surface area contributed by atoms with Gasteiger partial charge in [0, 0.05) is 39.0 Å².